The quantitative estimate of drug-likeness (QED) is 0.485. The van der Waals surface area contributed by atoms with Crippen LogP contribution in [0.5, 0.6) is 0 Å². The zero-order valence-corrected chi connectivity index (χ0v) is 19.5. The summed E-state index contributed by atoms with van der Waals surface area (Å²) in [5.74, 6) is 0.0757. The molecule has 2 heterocycles. The maximum absolute atomic E-state index is 12.5. The number of hydrogen-bond acceptors (Lipinski definition) is 4. The van der Waals surface area contributed by atoms with Crippen molar-refractivity contribution in [2.45, 2.75) is 19.3 Å². The third-order valence-electron chi connectivity index (χ3n) is 6.38. The Morgan fingerprint density at radius 1 is 0.853 bits per heavy atom. The SMILES string of the molecule is O=C(O)c1ccc(NC(=NCCc2ccccc2)N2CCN(CC(=O)N3CCCC3)CC2)cc1. The average Bonchev–Trinajstić information content (AvgIpc) is 3.40. The van der Waals surface area contributed by atoms with Gasteiger partial charge in [-0.3, -0.25) is 14.7 Å². The van der Waals surface area contributed by atoms with Crippen LogP contribution < -0.4 is 5.32 Å². The molecule has 8 nitrogen and oxygen atoms in total. The Balaban J connectivity index is 1.38. The number of guanidine groups is 1. The lowest BCUT2D eigenvalue weighted by atomic mass is 10.2. The van der Waals surface area contributed by atoms with Gasteiger partial charge in [-0.25, -0.2) is 4.79 Å². The number of anilines is 1. The van der Waals surface area contributed by atoms with E-state index in [1.165, 1.54) is 5.56 Å². The minimum atomic E-state index is -0.942. The van der Waals surface area contributed by atoms with Crippen LogP contribution in [-0.2, 0) is 11.2 Å². The van der Waals surface area contributed by atoms with Gasteiger partial charge in [0, 0.05) is 51.5 Å². The van der Waals surface area contributed by atoms with E-state index in [1.807, 2.05) is 23.1 Å². The van der Waals surface area contributed by atoms with E-state index in [4.69, 9.17) is 10.1 Å². The maximum atomic E-state index is 12.5. The number of aliphatic imine (C=N–C) groups is 1. The van der Waals surface area contributed by atoms with Crippen molar-refractivity contribution in [3.05, 3.63) is 65.7 Å². The highest BCUT2D eigenvalue weighted by Gasteiger charge is 2.24. The minimum Gasteiger partial charge on any atom is -0.478 e. The predicted octanol–water partition coefficient (Wildman–Crippen LogP) is 2.64. The maximum Gasteiger partial charge on any atom is 0.335 e. The monoisotopic (exact) mass is 463 g/mol. The van der Waals surface area contributed by atoms with Gasteiger partial charge >= 0.3 is 5.97 Å². The number of rotatable bonds is 7. The van der Waals surface area contributed by atoms with Crippen LogP contribution in [0.3, 0.4) is 0 Å². The van der Waals surface area contributed by atoms with Crippen LogP contribution in [0.2, 0.25) is 0 Å². The fourth-order valence-corrected chi connectivity index (χ4v) is 4.36. The second-order valence-electron chi connectivity index (χ2n) is 8.80. The molecule has 2 saturated heterocycles. The largest absolute Gasteiger partial charge is 0.478 e. The van der Waals surface area contributed by atoms with Crippen molar-refractivity contribution in [2.75, 3.05) is 57.7 Å². The van der Waals surface area contributed by atoms with Gasteiger partial charge in [0.05, 0.1) is 12.1 Å². The average molecular weight is 464 g/mol. The van der Waals surface area contributed by atoms with Gasteiger partial charge < -0.3 is 20.2 Å². The molecule has 0 saturated carbocycles. The van der Waals surface area contributed by atoms with E-state index in [-0.39, 0.29) is 11.5 Å². The number of benzene rings is 2. The van der Waals surface area contributed by atoms with Crippen molar-refractivity contribution < 1.29 is 14.7 Å². The Hall–Kier alpha value is -3.39. The molecule has 0 radical (unpaired) electrons. The van der Waals surface area contributed by atoms with Crippen LogP contribution in [0.1, 0.15) is 28.8 Å². The first-order valence-electron chi connectivity index (χ1n) is 12.0. The zero-order valence-electron chi connectivity index (χ0n) is 19.5. The number of carbonyl (C=O) groups is 2. The normalized spacial score (nSPS) is 17.1. The number of nitrogens with one attached hydrogen (secondary N) is 1. The molecule has 0 aliphatic carbocycles. The van der Waals surface area contributed by atoms with E-state index in [1.54, 1.807) is 24.3 Å². The number of amides is 1. The molecule has 1 amide bonds. The van der Waals surface area contributed by atoms with Crippen molar-refractivity contribution in [3.8, 4) is 0 Å². The zero-order chi connectivity index (χ0) is 23.8. The summed E-state index contributed by atoms with van der Waals surface area (Å²) in [5, 5.41) is 12.5. The number of carbonyl (C=O) groups excluding carboxylic acids is 1. The highest BCUT2D eigenvalue weighted by Crippen LogP contribution is 2.13. The van der Waals surface area contributed by atoms with Gasteiger partial charge in [-0.1, -0.05) is 30.3 Å². The minimum absolute atomic E-state index is 0.236. The predicted molar refractivity (Wildman–Crippen MR) is 133 cm³/mol. The van der Waals surface area contributed by atoms with Crippen LogP contribution in [-0.4, -0.2) is 90.0 Å². The van der Waals surface area contributed by atoms with E-state index < -0.39 is 5.97 Å². The number of likely N-dealkylation sites (tertiary alicyclic amines) is 1. The molecule has 34 heavy (non-hydrogen) atoms. The van der Waals surface area contributed by atoms with Crippen LogP contribution in [0, 0.1) is 0 Å². The molecule has 0 bridgehead atoms. The lowest BCUT2D eigenvalue weighted by molar-refractivity contribution is -0.131. The molecular formula is C26H33N5O3. The van der Waals surface area contributed by atoms with Crippen molar-refractivity contribution in [2.24, 2.45) is 4.99 Å². The number of piperazine rings is 1. The molecule has 2 aromatic carbocycles. The van der Waals surface area contributed by atoms with E-state index >= 15 is 0 Å². The van der Waals surface area contributed by atoms with Gasteiger partial charge in [0.2, 0.25) is 5.91 Å². The van der Waals surface area contributed by atoms with Gasteiger partial charge in [0.1, 0.15) is 0 Å². The lowest BCUT2D eigenvalue weighted by Gasteiger charge is -2.36. The second kappa shape index (κ2) is 11.7. The summed E-state index contributed by atoms with van der Waals surface area (Å²) in [6.07, 6.45) is 3.07. The van der Waals surface area contributed by atoms with Crippen LogP contribution in [0.25, 0.3) is 0 Å². The van der Waals surface area contributed by atoms with Gasteiger partial charge in [-0.15, -0.1) is 0 Å². The topological polar surface area (TPSA) is 88.5 Å². The molecule has 2 aliphatic heterocycles. The molecule has 0 aromatic heterocycles. The molecule has 2 aliphatic rings. The van der Waals surface area contributed by atoms with E-state index in [0.717, 1.165) is 70.2 Å². The summed E-state index contributed by atoms with van der Waals surface area (Å²) in [6.45, 7) is 6.07. The van der Waals surface area contributed by atoms with Gasteiger partial charge in [-0.05, 0) is 49.1 Å². The molecule has 2 N–H and O–H groups in total. The summed E-state index contributed by atoms with van der Waals surface area (Å²) >= 11 is 0. The van der Waals surface area contributed by atoms with Crippen LogP contribution in [0.15, 0.2) is 59.6 Å². The van der Waals surface area contributed by atoms with Crippen molar-refractivity contribution >= 4 is 23.5 Å². The first-order chi connectivity index (χ1) is 16.6. The van der Waals surface area contributed by atoms with E-state index in [9.17, 15) is 9.59 Å². The molecule has 8 heteroatoms. The third-order valence-corrected chi connectivity index (χ3v) is 6.38. The second-order valence-corrected chi connectivity index (χ2v) is 8.80. The standard InChI is InChI=1S/C26H33N5O3/c32-24(30-14-4-5-15-30)20-29-16-18-31(19-17-29)26(27-13-12-21-6-2-1-3-7-21)28-23-10-8-22(9-11-23)25(33)34/h1-3,6-11H,4-5,12-20H2,(H,27,28)(H,33,34). The first kappa shape index (κ1) is 23.8. The summed E-state index contributed by atoms with van der Waals surface area (Å²) in [6, 6.07) is 17.0. The van der Waals surface area contributed by atoms with Crippen LogP contribution in [0.4, 0.5) is 5.69 Å². The van der Waals surface area contributed by atoms with E-state index in [2.05, 4.69) is 27.2 Å². The molecular weight excluding hydrogens is 430 g/mol. The summed E-state index contributed by atoms with van der Waals surface area (Å²) in [5.41, 5.74) is 2.29. The Morgan fingerprint density at radius 2 is 1.53 bits per heavy atom. The number of nitrogens with zero attached hydrogens (tertiary/aromatic N) is 4. The number of aromatic carboxylic acids is 1. The van der Waals surface area contributed by atoms with Crippen molar-refractivity contribution in [1.82, 2.24) is 14.7 Å². The molecule has 4 rings (SSSR count). The highest BCUT2D eigenvalue weighted by atomic mass is 16.4. The van der Waals surface area contributed by atoms with Crippen LogP contribution >= 0.6 is 0 Å². The summed E-state index contributed by atoms with van der Waals surface area (Å²) in [4.78, 5) is 35.0. The van der Waals surface area contributed by atoms with Gasteiger partial charge in [0.15, 0.2) is 5.96 Å². The third kappa shape index (κ3) is 6.57. The Labute approximate surface area is 200 Å². The fourth-order valence-electron chi connectivity index (χ4n) is 4.36. The van der Waals surface area contributed by atoms with Crippen molar-refractivity contribution in [3.63, 3.8) is 0 Å². The summed E-state index contributed by atoms with van der Waals surface area (Å²) in [7, 11) is 0. The highest BCUT2D eigenvalue weighted by molar-refractivity contribution is 5.94. The molecule has 180 valence electrons. The molecule has 2 aromatic rings. The first-order valence-corrected chi connectivity index (χ1v) is 12.0. The Kier molecular flexibility index (Phi) is 8.14. The van der Waals surface area contributed by atoms with Crippen molar-refractivity contribution in [1.29, 1.82) is 0 Å². The number of carboxylic acids is 1. The Morgan fingerprint density at radius 3 is 2.18 bits per heavy atom. The molecule has 0 atom stereocenters. The molecule has 0 unspecified atom stereocenters. The fraction of sp³-hybridized carbons (Fsp3) is 0.423. The number of carboxylic acid groups (broad SMARTS) is 1. The Bertz CT molecular complexity index is 979. The van der Waals surface area contributed by atoms with E-state index in [0.29, 0.717) is 13.1 Å². The molecule has 2 fully saturated rings. The molecule has 0 spiro atoms. The lowest BCUT2D eigenvalue weighted by Crippen LogP contribution is -2.52. The van der Waals surface area contributed by atoms with Gasteiger partial charge in [0.25, 0.3) is 0 Å². The summed E-state index contributed by atoms with van der Waals surface area (Å²) < 4.78 is 0. The number of hydrogen-bond donors (Lipinski definition) is 2. The van der Waals surface area contributed by atoms with Gasteiger partial charge in [-0.2, -0.15) is 0 Å². The smallest absolute Gasteiger partial charge is 0.335 e.